The number of anilines is 1. The second kappa shape index (κ2) is 10.8. The molecule has 1 saturated heterocycles. The Kier molecular flexibility index (Phi) is 7.91. The average Bonchev–Trinajstić information content (AvgIpc) is 3.22. The molecule has 0 spiro atoms. The van der Waals surface area contributed by atoms with Crippen LogP contribution in [0, 0.1) is 10.1 Å². The molecule has 164 valence electrons. The highest BCUT2D eigenvalue weighted by molar-refractivity contribution is 5.93. The van der Waals surface area contributed by atoms with Crippen LogP contribution in [0.4, 0.5) is 11.4 Å². The van der Waals surface area contributed by atoms with Gasteiger partial charge in [-0.25, -0.2) is 4.63 Å². The standard InChI is InChI=1S/C19H29N7O4/c1-24-11-13-25(14-12-24)10-9-21-17(27)5-3-2-4-8-20-15-6-7-16(26(28)29)19-18(15)22-30-23-19/h6-7,20H,2-5,8-14H2,1H3,(H,21,27). The zero-order chi connectivity index (χ0) is 21.3. The van der Waals surface area contributed by atoms with Crippen molar-refractivity contribution in [3.05, 3.63) is 22.2 Å². The zero-order valence-corrected chi connectivity index (χ0v) is 17.3. The van der Waals surface area contributed by atoms with E-state index in [1.165, 1.54) is 6.07 Å². The number of hydrogen-bond acceptors (Lipinski definition) is 9. The maximum absolute atomic E-state index is 12.0. The molecule has 3 rings (SSSR count). The van der Waals surface area contributed by atoms with Crippen LogP contribution in [0.15, 0.2) is 16.8 Å². The molecule has 0 bridgehead atoms. The summed E-state index contributed by atoms with van der Waals surface area (Å²) in [4.78, 5) is 27.2. The molecule has 30 heavy (non-hydrogen) atoms. The monoisotopic (exact) mass is 419 g/mol. The second-order valence-corrected chi connectivity index (χ2v) is 7.58. The van der Waals surface area contributed by atoms with Crippen molar-refractivity contribution >= 4 is 28.3 Å². The van der Waals surface area contributed by atoms with Gasteiger partial charge in [-0.2, -0.15) is 0 Å². The maximum atomic E-state index is 12.0. The number of hydrogen-bond donors (Lipinski definition) is 2. The first-order valence-electron chi connectivity index (χ1n) is 10.4. The summed E-state index contributed by atoms with van der Waals surface area (Å²) in [7, 11) is 2.13. The summed E-state index contributed by atoms with van der Waals surface area (Å²) < 4.78 is 4.65. The number of non-ortho nitro benzene ring substituents is 1. The van der Waals surface area contributed by atoms with Gasteiger partial charge in [-0.15, -0.1) is 0 Å². The molecule has 2 heterocycles. The van der Waals surface area contributed by atoms with Gasteiger partial charge in [-0.1, -0.05) is 6.42 Å². The van der Waals surface area contributed by atoms with Crippen LogP contribution >= 0.6 is 0 Å². The number of nitro benzene ring substituents is 1. The Morgan fingerprint density at radius 2 is 1.90 bits per heavy atom. The molecule has 1 aromatic heterocycles. The predicted octanol–water partition coefficient (Wildman–Crippen LogP) is 1.47. The van der Waals surface area contributed by atoms with Crippen molar-refractivity contribution in [1.29, 1.82) is 0 Å². The Hall–Kier alpha value is -2.79. The van der Waals surface area contributed by atoms with Crippen molar-refractivity contribution in [3.63, 3.8) is 0 Å². The van der Waals surface area contributed by atoms with Gasteiger partial charge in [-0.05, 0) is 36.3 Å². The number of likely N-dealkylation sites (N-methyl/N-ethyl adjacent to an activating group) is 1. The normalized spacial score (nSPS) is 15.4. The molecule has 2 N–H and O–H groups in total. The lowest BCUT2D eigenvalue weighted by atomic mass is 10.1. The summed E-state index contributed by atoms with van der Waals surface area (Å²) in [6.45, 7) is 6.57. The number of carbonyl (C=O) groups excluding carboxylic acids is 1. The number of benzene rings is 1. The zero-order valence-electron chi connectivity index (χ0n) is 17.3. The van der Waals surface area contributed by atoms with Gasteiger partial charge in [0.2, 0.25) is 11.4 Å². The van der Waals surface area contributed by atoms with Gasteiger partial charge < -0.3 is 15.5 Å². The van der Waals surface area contributed by atoms with E-state index in [1.54, 1.807) is 6.07 Å². The van der Waals surface area contributed by atoms with E-state index in [4.69, 9.17) is 0 Å². The highest BCUT2D eigenvalue weighted by Crippen LogP contribution is 2.28. The molecule has 2 aromatic rings. The van der Waals surface area contributed by atoms with Crippen molar-refractivity contribution < 1.29 is 14.3 Å². The predicted molar refractivity (Wildman–Crippen MR) is 112 cm³/mol. The summed E-state index contributed by atoms with van der Waals surface area (Å²) in [5.74, 6) is 0.0998. The van der Waals surface area contributed by atoms with Crippen LogP contribution in [0.25, 0.3) is 11.0 Å². The minimum absolute atomic E-state index is 0.0998. The van der Waals surface area contributed by atoms with Crippen LogP contribution in [0.1, 0.15) is 25.7 Å². The van der Waals surface area contributed by atoms with E-state index in [0.717, 1.165) is 52.0 Å². The average molecular weight is 419 g/mol. The van der Waals surface area contributed by atoms with E-state index in [1.807, 2.05) is 0 Å². The van der Waals surface area contributed by atoms with E-state index in [2.05, 4.69) is 42.4 Å². The van der Waals surface area contributed by atoms with Gasteiger partial charge in [-0.3, -0.25) is 19.8 Å². The van der Waals surface area contributed by atoms with Crippen molar-refractivity contribution in [2.45, 2.75) is 25.7 Å². The largest absolute Gasteiger partial charge is 0.383 e. The minimum atomic E-state index is -0.507. The number of rotatable bonds is 11. The Morgan fingerprint density at radius 3 is 2.67 bits per heavy atom. The quantitative estimate of drug-likeness (QED) is 0.316. The van der Waals surface area contributed by atoms with E-state index >= 15 is 0 Å². The molecular weight excluding hydrogens is 390 g/mol. The first-order valence-corrected chi connectivity index (χ1v) is 10.4. The number of aromatic nitrogens is 2. The van der Waals surface area contributed by atoms with Gasteiger partial charge in [0.15, 0.2) is 5.52 Å². The number of nitro groups is 1. The number of piperazine rings is 1. The fourth-order valence-corrected chi connectivity index (χ4v) is 3.47. The fraction of sp³-hybridized carbons (Fsp3) is 0.632. The SMILES string of the molecule is CN1CCN(CCNC(=O)CCCCCNc2ccc([N+](=O)[O-])c3nonc23)CC1. The third kappa shape index (κ3) is 6.10. The Morgan fingerprint density at radius 1 is 1.13 bits per heavy atom. The highest BCUT2D eigenvalue weighted by atomic mass is 16.6. The first-order chi connectivity index (χ1) is 14.5. The summed E-state index contributed by atoms with van der Waals surface area (Å²) in [5, 5.41) is 24.6. The first kappa shape index (κ1) is 21.9. The van der Waals surface area contributed by atoms with E-state index in [9.17, 15) is 14.9 Å². The number of carbonyl (C=O) groups is 1. The maximum Gasteiger partial charge on any atom is 0.300 e. The molecule has 0 radical (unpaired) electrons. The lowest BCUT2D eigenvalue weighted by Gasteiger charge is -2.32. The molecule has 0 aliphatic carbocycles. The van der Waals surface area contributed by atoms with Crippen LogP contribution in [-0.2, 0) is 4.79 Å². The van der Waals surface area contributed by atoms with Crippen LogP contribution in [0.2, 0.25) is 0 Å². The summed E-state index contributed by atoms with van der Waals surface area (Å²) in [6.07, 6.45) is 3.13. The molecule has 0 atom stereocenters. The number of nitrogens with one attached hydrogen (secondary N) is 2. The van der Waals surface area contributed by atoms with Gasteiger partial charge >= 0.3 is 5.69 Å². The molecule has 1 fully saturated rings. The van der Waals surface area contributed by atoms with E-state index in [-0.39, 0.29) is 17.1 Å². The number of fused-ring (bicyclic) bond motifs is 1. The molecule has 1 amide bonds. The van der Waals surface area contributed by atoms with Crippen molar-refractivity contribution in [2.24, 2.45) is 0 Å². The molecular formula is C19H29N7O4. The van der Waals surface area contributed by atoms with Crippen LogP contribution in [0.3, 0.4) is 0 Å². The van der Waals surface area contributed by atoms with Crippen LogP contribution in [-0.4, -0.2) is 83.8 Å². The number of nitrogens with zero attached hydrogens (tertiary/aromatic N) is 5. The summed E-state index contributed by atoms with van der Waals surface area (Å²) >= 11 is 0. The molecule has 1 aliphatic rings. The second-order valence-electron chi connectivity index (χ2n) is 7.58. The topological polar surface area (TPSA) is 130 Å². The van der Waals surface area contributed by atoms with Crippen molar-refractivity contribution in [3.8, 4) is 0 Å². The summed E-state index contributed by atoms with van der Waals surface area (Å²) in [5.41, 5.74) is 1.01. The van der Waals surface area contributed by atoms with Gasteiger partial charge in [0.25, 0.3) is 0 Å². The van der Waals surface area contributed by atoms with Crippen molar-refractivity contribution in [1.82, 2.24) is 25.4 Å². The smallest absolute Gasteiger partial charge is 0.300 e. The van der Waals surface area contributed by atoms with Gasteiger partial charge in [0.1, 0.15) is 0 Å². The van der Waals surface area contributed by atoms with Gasteiger partial charge in [0.05, 0.1) is 10.6 Å². The molecule has 1 aliphatic heterocycles. The van der Waals surface area contributed by atoms with Crippen molar-refractivity contribution in [2.75, 3.05) is 58.2 Å². The Labute approximate surface area is 174 Å². The van der Waals surface area contributed by atoms with Crippen LogP contribution < -0.4 is 10.6 Å². The minimum Gasteiger partial charge on any atom is -0.383 e. The Bertz CT molecular complexity index is 849. The molecule has 0 unspecified atom stereocenters. The molecule has 0 saturated carbocycles. The Balaban J connectivity index is 1.27. The molecule has 11 heteroatoms. The lowest BCUT2D eigenvalue weighted by molar-refractivity contribution is -0.383. The van der Waals surface area contributed by atoms with Gasteiger partial charge in [0, 0.05) is 58.3 Å². The van der Waals surface area contributed by atoms with E-state index in [0.29, 0.717) is 30.7 Å². The number of unbranched alkanes of at least 4 members (excludes halogenated alkanes) is 2. The number of amides is 1. The molecule has 11 nitrogen and oxygen atoms in total. The lowest BCUT2D eigenvalue weighted by Crippen LogP contribution is -2.46. The third-order valence-corrected chi connectivity index (χ3v) is 5.33. The van der Waals surface area contributed by atoms with E-state index < -0.39 is 4.92 Å². The fourth-order valence-electron chi connectivity index (χ4n) is 3.47. The third-order valence-electron chi connectivity index (χ3n) is 5.33. The highest BCUT2D eigenvalue weighted by Gasteiger charge is 2.19. The molecule has 1 aromatic carbocycles. The summed E-state index contributed by atoms with van der Waals surface area (Å²) in [6, 6.07) is 3.00. The van der Waals surface area contributed by atoms with Crippen LogP contribution in [0.5, 0.6) is 0 Å².